The zero-order valence-electron chi connectivity index (χ0n) is 20.7. The van der Waals surface area contributed by atoms with Crippen LogP contribution in [0.4, 0.5) is 0 Å². The highest BCUT2D eigenvalue weighted by atomic mass is 16.5. The van der Waals surface area contributed by atoms with Gasteiger partial charge in [-0.15, -0.1) is 5.10 Å². The number of aryl methyl sites for hydroxylation is 1. The highest BCUT2D eigenvalue weighted by molar-refractivity contribution is 5.89. The summed E-state index contributed by atoms with van der Waals surface area (Å²) >= 11 is 0. The summed E-state index contributed by atoms with van der Waals surface area (Å²) in [6, 6.07) is 14.8. The molecule has 1 saturated carbocycles. The molecule has 0 saturated heterocycles. The van der Waals surface area contributed by atoms with Crippen molar-refractivity contribution in [2.75, 3.05) is 19.8 Å². The highest BCUT2D eigenvalue weighted by Crippen LogP contribution is 2.27. The predicted molar refractivity (Wildman–Crippen MR) is 135 cm³/mol. The van der Waals surface area contributed by atoms with E-state index in [0.29, 0.717) is 26.2 Å². The minimum atomic E-state index is -0.722. The number of nitrogens with one attached hydrogen (secondary N) is 1. The largest absolute Gasteiger partial charge is 0.382 e. The number of rotatable bonds is 11. The smallest absolute Gasteiger partial charge is 0.247 e. The number of hydrogen-bond donors (Lipinski definition) is 1. The van der Waals surface area contributed by atoms with Crippen LogP contribution in [-0.4, -0.2) is 57.5 Å². The minimum Gasteiger partial charge on any atom is -0.382 e. The summed E-state index contributed by atoms with van der Waals surface area (Å²) in [5, 5.41) is 11.6. The fraction of sp³-hybridized carbons (Fsp3) is 0.481. The number of nitrogens with zero attached hydrogens (tertiary/aromatic N) is 4. The van der Waals surface area contributed by atoms with Crippen LogP contribution in [-0.2, 0) is 20.9 Å². The lowest BCUT2D eigenvalue weighted by atomic mass is 9.98. The lowest BCUT2D eigenvalue weighted by molar-refractivity contribution is -0.142. The third kappa shape index (κ3) is 6.06. The van der Waals surface area contributed by atoms with Crippen molar-refractivity contribution in [1.29, 1.82) is 0 Å². The number of para-hydroxylation sites is 1. The first-order valence-corrected chi connectivity index (χ1v) is 12.6. The van der Waals surface area contributed by atoms with E-state index in [1.807, 2.05) is 62.4 Å². The summed E-state index contributed by atoms with van der Waals surface area (Å²) in [4.78, 5) is 29.2. The van der Waals surface area contributed by atoms with E-state index in [2.05, 4.69) is 15.6 Å². The standard InChI is InChI=1S/C27H35N5O3/c1-3-35-18-10-17-31(25(33)19-32-24-16-9-8-15-23(24)29-30-32)26(22-14-7-4-11-20(22)2)27(34)28-21-12-5-6-13-21/h4,7-9,11,14-16,21,26H,3,5-6,10,12-13,17-19H2,1-2H3,(H,28,34)/t26-/m1/s1. The fourth-order valence-electron chi connectivity index (χ4n) is 4.83. The summed E-state index contributed by atoms with van der Waals surface area (Å²) in [6.07, 6.45) is 4.84. The lowest BCUT2D eigenvalue weighted by Crippen LogP contribution is -2.47. The molecule has 2 aromatic carbocycles. The van der Waals surface area contributed by atoms with E-state index in [0.717, 1.165) is 47.8 Å². The summed E-state index contributed by atoms with van der Waals surface area (Å²) in [5.41, 5.74) is 3.35. The second-order valence-corrected chi connectivity index (χ2v) is 9.12. The molecule has 1 aliphatic rings. The summed E-state index contributed by atoms with van der Waals surface area (Å²) in [5.74, 6) is -0.300. The Hall–Kier alpha value is -3.26. The van der Waals surface area contributed by atoms with Crippen molar-refractivity contribution in [1.82, 2.24) is 25.2 Å². The second-order valence-electron chi connectivity index (χ2n) is 9.12. The predicted octanol–water partition coefficient (Wildman–Crippen LogP) is 3.80. The van der Waals surface area contributed by atoms with Gasteiger partial charge < -0.3 is 15.0 Å². The van der Waals surface area contributed by atoms with Crippen LogP contribution in [0, 0.1) is 6.92 Å². The minimum absolute atomic E-state index is 0.00817. The van der Waals surface area contributed by atoms with Crippen LogP contribution in [0.5, 0.6) is 0 Å². The van der Waals surface area contributed by atoms with E-state index in [4.69, 9.17) is 4.74 Å². The first-order chi connectivity index (χ1) is 17.1. The Bertz CT molecular complexity index is 1140. The first kappa shape index (κ1) is 24.9. The normalized spacial score (nSPS) is 14.8. The molecular formula is C27H35N5O3. The average molecular weight is 478 g/mol. The molecule has 0 bridgehead atoms. The molecule has 1 atom stereocenters. The molecule has 0 unspecified atom stereocenters. The molecule has 2 amide bonds. The van der Waals surface area contributed by atoms with E-state index in [-0.39, 0.29) is 24.4 Å². The molecule has 4 rings (SSSR count). The molecule has 1 fully saturated rings. The Morgan fingerprint density at radius 2 is 1.89 bits per heavy atom. The molecule has 0 radical (unpaired) electrons. The zero-order chi connectivity index (χ0) is 24.6. The van der Waals surface area contributed by atoms with Gasteiger partial charge in [0.2, 0.25) is 11.8 Å². The summed E-state index contributed by atoms with van der Waals surface area (Å²) < 4.78 is 7.15. The van der Waals surface area contributed by atoms with Crippen LogP contribution in [0.3, 0.4) is 0 Å². The van der Waals surface area contributed by atoms with Crippen molar-refractivity contribution >= 4 is 22.8 Å². The molecule has 35 heavy (non-hydrogen) atoms. The summed E-state index contributed by atoms with van der Waals surface area (Å²) in [7, 11) is 0. The van der Waals surface area contributed by atoms with E-state index < -0.39 is 6.04 Å². The number of fused-ring (bicyclic) bond motifs is 1. The zero-order valence-corrected chi connectivity index (χ0v) is 20.7. The van der Waals surface area contributed by atoms with Crippen molar-refractivity contribution in [3.63, 3.8) is 0 Å². The van der Waals surface area contributed by atoms with Gasteiger partial charge in [-0.05, 0) is 56.4 Å². The van der Waals surface area contributed by atoms with Crippen LogP contribution < -0.4 is 5.32 Å². The Morgan fingerprint density at radius 3 is 2.66 bits per heavy atom. The van der Waals surface area contributed by atoms with Crippen molar-refractivity contribution in [3.05, 3.63) is 59.7 Å². The maximum absolute atomic E-state index is 13.8. The van der Waals surface area contributed by atoms with E-state index in [1.54, 1.807) is 9.58 Å². The lowest BCUT2D eigenvalue weighted by Gasteiger charge is -2.33. The van der Waals surface area contributed by atoms with Crippen molar-refractivity contribution in [2.45, 2.75) is 64.6 Å². The second kappa shape index (κ2) is 11.9. The van der Waals surface area contributed by atoms with Gasteiger partial charge in [0, 0.05) is 25.8 Å². The third-order valence-electron chi connectivity index (χ3n) is 6.66. The van der Waals surface area contributed by atoms with Crippen LogP contribution in [0.25, 0.3) is 11.0 Å². The molecule has 1 aromatic heterocycles. The van der Waals surface area contributed by atoms with Crippen molar-refractivity contribution in [3.8, 4) is 0 Å². The topological polar surface area (TPSA) is 89.3 Å². The fourth-order valence-corrected chi connectivity index (χ4v) is 4.83. The molecule has 1 aliphatic carbocycles. The van der Waals surface area contributed by atoms with Gasteiger partial charge in [0.15, 0.2) is 0 Å². The molecule has 0 aliphatic heterocycles. The number of ether oxygens (including phenoxy) is 1. The highest BCUT2D eigenvalue weighted by Gasteiger charge is 2.34. The van der Waals surface area contributed by atoms with Crippen molar-refractivity contribution < 1.29 is 14.3 Å². The molecule has 8 heteroatoms. The van der Waals surface area contributed by atoms with Gasteiger partial charge in [0.05, 0.1) is 5.52 Å². The van der Waals surface area contributed by atoms with Crippen LogP contribution in [0.2, 0.25) is 0 Å². The maximum Gasteiger partial charge on any atom is 0.247 e. The summed E-state index contributed by atoms with van der Waals surface area (Å²) in [6.45, 7) is 5.49. The van der Waals surface area contributed by atoms with Gasteiger partial charge in [-0.3, -0.25) is 9.59 Å². The number of amides is 2. The molecular weight excluding hydrogens is 442 g/mol. The van der Waals surface area contributed by atoms with E-state index >= 15 is 0 Å². The molecule has 0 spiro atoms. The number of benzene rings is 2. The Balaban J connectivity index is 1.65. The molecule has 1 heterocycles. The van der Waals surface area contributed by atoms with Gasteiger partial charge in [0.1, 0.15) is 18.1 Å². The van der Waals surface area contributed by atoms with Crippen LogP contribution >= 0.6 is 0 Å². The van der Waals surface area contributed by atoms with Gasteiger partial charge in [-0.1, -0.05) is 54.5 Å². The number of aromatic nitrogens is 3. The quantitative estimate of drug-likeness (QED) is 0.425. The Kier molecular flexibility index (Phi) is 8.47. The van der Waals surface area contributed by atoms with Gasteiger partial charge >= 0.3 is 0 Å². The van der Waals surface area contributed by atoms with Gasteiger partial charge in [-0.2, -0.15) is 0 Å². The molecule has 3 aromatic rings. The van der Waals surface area contributed by atoms with Crippen molar-refractivity contribution in [2.24, 2.45) is 0 Å². The number of carbonyl (C=O) groups is 2. The first-order valence-electron chi connectivity index (χ1n) is 12.6. The Morgan fingerprint density at radius 1 is 1.14 bits per heavy atom. The third-order valence-corrected chi connectivity index (χ3v) is 6.66. The molecule has 8 nitrogen and oxygen atoms in total. The van der Waals surface area contributed by atoms with E-state index in [1.165, 1.54) is 0 Å². The van der Waals surface area contributed by atoms with Crippen LogP contribution in [0.15, 0.2) is 48.5 Å². The van der Waals surface area contributed by atoms with Gasteiger partial charge in [0.25, 0.3) is 0 Å². The number of carbonyl (C=O) groups excluding carboxylic acids is 2. The maximum atomic E-state index is 13.8. The SMILES string of the molecule is CCOCCCN(C(=O)Cn1nnc2ccccc21)[C@@H](C(=O)NC1CCCC1)c1ccccc1C. The van der Waals surface area contributed by atoms with Gasteiger partial charge in [-0.25, -0.2) is 4.68 Å². The van der Waals surface area contributed by atoms with E-state index in [9.17, 15) is 9.59 Å². The average Bonchev–Trinajstić information content (AvgIpc) is 3.52. The van der Waals surface area contributed by atoms with Crippen LogP contribution in [0.1, 0.15) is 56.2 Å². The molecule has 186 valence electrons. The Labute approximate surface area is 206 Å². The monoisotopic (exact) mass is 477 g/mol. The number of hydrogen-bond acceptors (Lipinski definition) is 5. The molecule has 1 N–H and O–H groups in total.